The molecule has 0 aliphatic rings. The molecule has 0 heterocycles. The van der Waals surface area contributed by atoms with Crippen molar-refractivity contribution in [3.8, 4) is 0 Å². The van der Waals surface area contributed by atoms with Gasteiger partial charge in [0.15, 0.2) is 0 Å². The Bertz CT molecular complexity index is 529. The summed E-state index contributed by atoms with van der Waals surface area (Å²) in [6, 6.07) is 3.99. The number of aliphatic carboxylic acids is 1. The number of imide groups is 1. The molecule has 0 spiro atoms. The van der Waals surface area contributed by atoms with Crippen molar-refractivity contribution in [2.75, 3.05) is 5.32 Å². The van der Waals surface area contributed by atoms with E-state index in [1.165, 1.54) is 0 Å². The summed E-state index contributed by atoms with van der Waals surface area (Å²) in [6.45, 7) is 0. The van der Waals surface area contributed by atoms with E-state index in [4.69, 9.17) is 28.3 Å². The van der Waals surface area contributed by atoms with Crippen molar-refractivity contribution >= 4 is 46.8 Å². The first kappa shape index (κ1) is 17.3. The van der Waals surface area contributed by atoms with E-state index in [1.807, 2.05) is 0 Å². The molecule has 1 aromatic carbocycles. The standard InChI is InChI=1S/C13H14Cl2N2O4/c14-8-4-3-5-9(15)12(8)17-13(21)16-10(18)6-1-2-7-11(19)20/h3-5H,1-2,6-7H2,(H,19,20)(H2,16,17,18,21). The van der Waals surface area contributed by atoms with Crippen LogP contribution in [-0.4, -0.2) is 23.0 Å². The van der Waals surface area contributed by atoms with E-state index in [0.29, 0.717) is 12.8 Å². The highest BCUT2D eigenvalue weighted by molar-refractivity contribution is 6.39. The minimum absolute atomic E-state index is 0.00525. The maximum absolute atomic E-state index is 11.6. The fourth-order valence-electron chi connectivity index (χ4n) is 1.51. The number of urea groups is 1. The van der Waals surface area contributed by atoms with E-state index in [1.54, 1.807) is 18.2 Å². The first-order valence-electron chi connectivity index (χ1n) is 6.17. The molecule has 0 radical (unpaired) electrons. The van der Waals surface area contributed by atoms with Crippen molar-refractivity contribution in [1.82, 2.24) is 5.32 Å². The van der Waals surface area contributed by atoms with Gasteiger partial charge in [0.2, 0.25) is 5.91 Å². The number of halogens is 2. The number of carboxylic acid groups (broad SMARTS) is 1. The maximum atomic E-state index is 11.6. The number of hydrogen-bond donors (Lipinski definition) is 3. The highest BCUT2D eigenvalue weighted by Crippen LogP contribution is 2.29. The van der Waals surface area contributed by atoms with Crippen molar-refractivity contribution in [3.63, 3.8) is 0 Å². The van der Waals surface area contributed by atoms with Crippen LogP contribution in [0.2, 0.25) is 10.0 Å². The topological polar surface area (TPSA) is 95.5 Å². The minimum Gasteiger partial charge on any atom is -0.481 e. The summed E-state index contributed by atoms with van der Waals surface area (Å²) in [4.78, 5) is 33.4. The van der Waals surface area contributed by atoms with Crippen LogP contribution in [-0.2, 0) is 9.59 Å². The quantitative estimate of drug-likeness (QED) is 0.696. The van der Waals surface area contributed by atoms with Gasteiger partial charge in [0.25, 0.3) is 0 Å². The summed E-state index contributed by atoms with van der Waals surface area (Å²) in [6.07, 6.45) is 0.824. The number of carboxylic acids is 1. The third-order valence-electron chi connectivity index (χ3n) is 2.50. The van der Waals surface area contributed by atoms with Crippen LogP contribution in [0.3, 0.4) is 0 Å². The second-order valence-corrected chi connectivity index (χ2v) is 5.01. The van der Waals surface area contributed by atoms with Gasteiger partial charge in [-0.05, 0) is 25.0 Å². The fourth-order valence-corrected chi connectivity index (χ4v) is 2.00. The number of nitrogens with one attached hydrogen (secondary N) is 2. The lowest BCUT2D eigenvalue weighted by Gasteiger charge is -2.09. The molecular weight excluding hydrogens is 319 g/mol. The molecule has 3 amide bonds. The molecule has 1 aromatic rings. The molecule has 3 N–H and O–H groups in total. The van der Waals surface area contributed by atoms with Crippen LogP contribution in [0, 0.1) is 0 Å². The van der Waals surface area contributed by atoms with Crippen LogP contribution in [0.5, 0.6) is 0 Å². The fraction of sp³-hybridized carbons (Fsp3) is 0.308. The molecule has 0 saturated carbocycles. The number of amides is 3. The average molecular weight is 333 g/mol. The Balaban J connectivity index is 2.40. The molecular formula is C13H14Cl2N2O4. The van der Waals surface area contributed by atoms with Crippen molar-refractivity contribution in [1.29, 1.82) is 0 Å². The Morgan fingerprint density at radius 1 is 1.05 bits per heavy atom. The van der Waals surface area contributed by atoms with Crippen molar-refractivity contribution in [2.45, 2.75) is 25.7 Å². The number of unbranched alkanes of at least 4 members (excludes halogenated alkanes) is 1. The van der Waals surface area contributed by atoms with E-state index in [0.717, 1.165) is 0 Å². The molecule has 0 unspecified atom stereocenters. The average Bonchev–Trinajstić information content (AvgIpc) is 2.39. The number of rotatable bonds is 6. The maximum Gasteiger partial charge on any atom is 0.325 e. The first-order valence-corrected chi connectivity index (χ1v) is 6.92. The SMILES string of the molecule is O=C(O)CCCCC(=O)NC(=O)Nc1c(Cl)cccc1Cl. The third kappa shape index (κ3) is 6.46. The molecule has 6 nitrogen and oxygen atoms in total. The van der Waals surface area contributed by atoms with E-state index >= 15 is 0 Å². The second-order valence-electron chi connectivity index (χ2n) is 4.20. The number of para-hydroxylation sites is 1. The Labute approximate surface area is 131 Å². The Morgan fingerprint density at radius 3 is 2.19 bits per heavy atom. The molecule has 0 aliphatic carbocycles. The monoisotopic (exact) mass is 332 g/mol. The summed E-state index contributed by atoms with van der Waals surface area (Å²) < 4.78 is 0. The molecule has 0 bridgehead atoms. The Kier molecular flexibility index (Phi) is 6.98. The van der Waals surface area contributed by atoms with Crippen LogP contribution in [0.4, 0.5) is 10.5 Å². The zero-order chi connectivity index (χ0) is 15.8. The number of carbonyl (C=O) groups is 3. The van der Waals surface area contributed by atoms with Gasteiger partial charge < -0.3 is 10.4 Å². The van der Waals surface area contributed by atoms with Gasteiger partial charge in [-0.2, -0.15) is 0 Å². The smallest absolute Gasteiger partial charge is 0.325 e. The minimum atomic E-state index is -0.915. The molecule has 0 atom stereocenters. The van der Waals surface area contributed by atoms with Gasteiger partial charge in [-0.15, -0.1) is 0 Å². The number of carbonyl (C=O) groups excluding carboxylic acids is 2. The van der Waals surface area contributed by atoms with Crippen LogP contribution in [0.25, 0.3) is 0 Å². The first-order chi connectivity index (χ1) is 9.90. The largest absolute Gasteiger partial charge is 0.481 e. The predicted octanol–water partition coefficient (Wildman–Crippen LogP) is 3.29. The molecule has 21 heavy (non-hydrogen) atoms. The summed E-state index contributed by atoms with van der Waals surface area (Å²) in [5.41, 5.74) is 0.219. The van der Waals surface area contributed by atoms with Gasteiger partial charge >= 0.3 is 12.0 Å². The lowest BCUT2D eigenvalue weighted by molar-refractivity contribution is -0.137. The molecule has 8 heteroatoms. The molecule has 0 aromatic heterocycles. The summed E-state index contributed by atoms with van der Waals surface area (Å²) >= 11 is 11.7. The Morgan fingerprint density at radius 2 is 1.62 bits per heavy atom. The van der Waals surface area contributed by atoms with Crippen molar-refractivity contribution in [2.24, 2.45) is 0 Å². The zero-order valence-corrected chi connectivity index (χ0v) is 12.5. The van der Waals surface area contributed by atoms with Gasteiger partial charge in [-0.25, -0.2) is 4.79 Å². The second kappa shape index (κ2) is 8.49. The highest BCUT2D eigenvalue weighted by Gasteiger charge is 2.12. The van der Waals surface area contributed by atoms with Crippen LogP contribution in [0.15, 0.2) is 18.2 Å². The lowest BCUT2D eigenvalue weighted by atomic mass is 10.2. The van der Waals surface area contributed by atoms with E-state index in [2.05, 4.69) is 10.6 Å². The molecule has 1 rings (SSSR count). The van der Waals surface area contributed by atoms with Crippen LogP contribution >= 0.6 is 23.2 Å². The number of anilines is 1. The van der Waals surface area contributed by atoms with Gasteiger partial charge in [0.05, 0.1) is 15.7 Å². The van der Waals surface area contributed by atoms with Crippen molar-refractivity contribution < 1.29 is 19.5 Å². The summed E-state index contributed by atoms with van der Waals surface area (Å²) in [7, 11) is 0. The molecule has 0 fully saturated rings. The number of hydrogen-bond acceptors (Lipinski definition) is 3. The van der Waals surface area contributed by atoms with E-state index < -0.39 is 17.9 Å². The Hall–Kier alpha value is -1.79. The summed E-state index contributed by atoms with van der Waals surface area (Å²) in [5, 5.41) is 13.5. The molecule has 114 valence electrons. The highest BCUT2D eigenvalue weighted by atomic mass is 35.5. The molecule has 0 saturated heterocycles. The van der Waals surface area contributed by atoms with Crippen molar-refractivity contribution in [3.05, 3.63) is 28.2 Å². The van der Waals surface area contributed by atoms with Gasteiger partial charge in [-0.3, -0.25) is 14.9 Å². The van der Waals surface area contributed by atoms with E-state index in [-0.39, 0.29) is 28.6 Å². The summed E-state index contributed by atoms with van der Waals surface area (Å²) in [5.74, 6) is -1.41. The zero-order valence-electron chi connectivity index (χ0n) is 11.0. The normalized spacial score (nSPS) is 10.0. The van der Waals surface area contributed by atoms with E-state index in [9.17, 15) is 14.4 Å². The van der Waals surface area contributed by atoms with Crippen LogP contribution in [0.1, 0.15) is 25.7 Å². The van der Waals surface area contributed by atoms with Gasteiger partial charge in [0.1, 0.15) is 0 Å². The number of benzene rings is 1. The van der Waals surface area contributed by atoms with Gasteiger partial charge in [-0.1, -0.05) is 29.3 Å². The molecule has 0 aliphatic heterocycles. The lowest BCUT2D eigenvalue weighted by Crippen LogP contribution is -2.34. The third-order valence-corrected chi connectivity index (χ3v) is 3.13. The van der Waals surface area contributed by atoms with Crippen LogP contribution < -0.4 is 10.6 Å². The predicted molar refractivity (Wildman–Crippen MR) is 79.7 cm³/mol. The van der Waals surface area contributed by atoms with Gasteiger partial charge in [0, 0.05) is 12.8 Å².